The number of benzene rings is 2. The van der Waals surface area contributed by atoms with Gasteiger partial charge in [-0.05, 0) is 37.1 Å². The molecule has 0 aliphatic carbocycles. The molecule has 2 aromatic rings. The second kappa shape index (κ2) is 12.3. The Morgan fingerprint density at radius 1 is 1.00 bits per heavy atom. The van der Waals surface area contributed by atoms with Crippen molar-refractivity contribution >= 4 is 11.6 Å². The van der Waals surface area contributed by atoms with Crippen molar-refractivity contribution in [3.8, 4) is 0 Å². The summed E-state index contributed by atoms with van der Waals surface area (Å²) in [6.07, 6.45) is 0. The van der Waals surface area contributed by atoms with Crippen LogP contribution in [0.25, 0.3) is 0 Å². The molecule has 0 bridgehead atoms. The molecule has 2 aromatic carbocycles. The Bertz CT molecular complexity index is 803. The van der Waals surface area contributed by atoms with Crippen LogP contribution in [0.4, 0.5) is 5.69 Å². The number of guanidine groups is 1. The van der Waals surface area contributed by atoms with E-state index >= 15 is 0 Å². The number of hydrogen-bond acceptors (Lipinski definition) is 4. The zero-order chi connectivity index (χ0) is 21.9. The topological polar surface area (TPSA) is 52.1 Å². The van der Waals surface area contributed by atoms with Gasteiger partial charge in [-0.1, -0.05) is 42.5 Å². The summed E-state index contributed by atoms with van der Waals surface area (Å²) in [4.78, 5) is 9.85. The Balaban J connectivity index is 1.58. The van der Waals surface area contributed by atoms with Crippen molar-refractivity contribution in [1.29, 1.82) is 0 Å². The number of anilines is 1. The van der Waals surface area contributed by atoms with Gasteiger partial charge in [-0.25, -0.2) is 4.99 Å². The van der Waals surface area contributed by atoms with Crippen molar-refractivity contribution in [2.45, 2.75) is 33.0 Å². The molecule has 168 valence electrons. The van der Waals surface area contributed by atoms with Gasteiger partial charge in [0.25, 0.3) is 0 Å². The largest absolute Gasteiger partial charge is 0.383 e. The normalized spacial score (nSPS) is 16.2. The summed E-state index contributed by atoms with van der Waals surface area (Å²) in [5, 5.41) is 6.74. The highest BCUT2D eigenvalue weighted by molar-refractivity contribution is 5.80. The number of methoxy groups -OCH3 is 1. The summed E-state index contributed by atoms with van der Waals surface area (Å²) in [6.45, 7) is 11.6. The van der Waals surface area contributed by atoms with Gasteiger partial charge in [-0.15, -0.1) is 0 Å². The van der Waals surface area contributed by atoms with Crippen LogP contribution in [0.3, 0.4) is 0 Å². The van der Waals surface area contributed by atoms with Gasteiger partial charge in [0.1, 0.15) is 0 Å². The molecule has 1 saturated heterocycles. The summed E-state index contributed by atoms with van der Waals surface area (Å²) in [5.74, 6) is 0.832. The third-order valence-corrected chi connectivity index (χ3v) is 5.56. The molecule has 1 aliphatic rings. The Kier molecular flexibility index (Phi) is 9.18. The fourth-order valence-electron chi connectivity index (χ4n) is 3.92. The fourth-order valence-corrected chi connectivity index (χ4v) is 3.92. The van der Waals surface area contributed by atoms with Crippen LogP contribution >= 0.6 is 0 Å². The minimum atomic E-state index is 0.207. The van der Waals surface area contributed by atoms with E-state index in [0.29, 0.717) is 13.2 Å². The third kappa shape index (κ3) is 7.26. The molecule has 0 saturated carbocycles. The SMILES string of the molecule is CCNC(=NCc1ccccc1CN1CCN(c2ccccc2)CC1)NC(C)COC. The predicted molar refractivity (Wildman–Crippen MR) is 130 cm³/mol. The number of rotatable bonds is 9. The minimum absolute atomic E-state index is 0.207. The Labute approximate surface area is 187 Å². The van der Waals surface area contributed by atoms with Gasteiger partial charge in [-0.3, -0.25) is 4.90 Å². The standard InChI is InChI=1S/C25H37N5O/c1-4-26-25(28-21(2)20-31-3)27-18-22-10-8-9-11-23(22)19-29-14-16-30(17-15-29)24-12-6-5-7-13-24/h5-13,21H,4,14-20H2,1-3H3,(H2,26,27,28). The molecule has 3 rings (SSSR count). The lowest BCUT2D eigenvalue weighted by Crippen LogP contribution is -2.46. The first-order chi connectivity index (χ1) is 15.2. The summed E-state index contributed by atoms with van der Waals surface area (Å²) < 4.78 is 5.23. The van der Waals surface area contributed by atoms with Gasteiger partial charge >= 0.3 is 0 Å². The molecule has 6 heteroatoms. The second-order valence-corrected chi connectivity index (χ2v) is 8.06. The van der Waals surface area contributed by atoms with Crippen molar-refractivity contribution in [3.63, 3.8) is 0 Å². The highest BCUT2D eigenvalue weighted by atomic mass is 16.5. The van der Waals surface area contributed by atoms with Crippen LogP contribution in [-0.4, -0.2) is 63.3 Å². The summed E-state index contributed by atoms with van der Waals surface area (Å²) in [5.41, 5.74) is 3.97. The molecular formula is C25H37N5O. The maximum Gasteiger partial charge on any atom is 0.191 e. The van der Waals surface area contributed by atoms with Crippen molar-refractivity contribution in [2.24, 2.45) is 4.99 Å². The first kappa shape index (κ1) is 23.1. The molecule has 0 radical (unpaired) electrons. The van der Waals surface area contributed by atoms with E-state index in [9.17, 15) is 0 Å². The lowest BCUT2D eigenvalue weighted by Gasteiger charge is -2.36. The van der Waals surface area contributed by atoms with Gasteiger partial charge in [-0.2, -0.15) is 0 Å². The van der Waals surface area contributed by atoms with Crippen LogP contribution in [0.2, 0.25) is 0 Å². The number of hydrogen-bond donors (Lipinski definition) is 2. The Morgan fingerprint density at radius 3 is 2.35 bits per heavy atom. The predicted octanol–water partition coefficient (Wildman–Crippen LogP) is 3.10. The molecule has 0 amide bonds. The third-order valence-electron chi connectivity index (χ3n) is 5.56. The van der Waals surface area contributed by atoms with Gasteiger partial charge in [0.05, 0.1) is 13.2 Å². The molecule has 31 heavy (non-hydrogen) atoms. The van der Waals surface area contributed by atoms with Crippen LogP contribution in [0.15, 0.2) is 59.6 Å². The van der Waals surface area contributed by atoms with Crippen LogP contribution in [-0.2, 0) is 17.8 Å². The fraction of sp³-hybridized carbons (Fsp3) is 0.480. The smallest absolute Gasteiger partial charge is 0.191 e. The molecule has 6 nitrogen and oxygen atoms in total. The number of para-hydroxylation sites is 1. The number of piperazine rings is 1. The minimum Gasteiger partial charge on any atom is -0.383 e. The van der Waals surface area contributed by atoms with Crippen LogP contribution in [0.5, 0.6) is 0 Å². The van der Waals surface area contributed by atoms with E-state index in [1.54, 1.807) is 7.11 Å². The molecule has 1 heterocycles. The Hall–Kier alpha value is -2.57. The van der Waals surface area contributed by atoms with Crippen molar-refractivity contribution in [1.82, 2.24) is 15.5 Å². The first-order valence-corrected chi connectivity index (χ1v) is 11.3. The van der Waals surface area contributed by atoms with Crippen molar-refractivity contribution in [2.75, 3.05) is 51.3 Å². The lowest BCUT2D eigenvalue weighted by molar-refractivity contribution is 0.179. The molecule has 1 unspecified atom stereocenters. The molecule has 1 fully saturated rings. The average molecular weight is 424 g/mol. The summed E-state index contributed by atoms with van der Waals surface area (Å²) in [7, 11) is 1.72. The number of nitrogens with one attached hydrogen (secondary N) is 2. The lowest BCUT2D eigenvalue weighted by atomic mass is 10.1. The molecule has 1 aliphatic heterocycles. The monoisotopic (exact) mass is 423 g/mol. The summed E-state index contributed by atoms with van der Waals surface area (Å²) >= 11 is 0. The summed E-state index contributed by atoms with van der Waals surface area (Å²) in [6, 6.07) is 19.6. The van der Waals surface area contributed by atoms with Crippen LogP contribution in [0, 0.1) is 0 Å². The molecule has 0 aromatic heterocycles. The zero-order valence-electron chi connectivity index (χ0n) is 19.2. The van der Waals surface area contributed by atoms with Crippen molar-refractivity contribution < 1.29 is 4.74 Å². The van der Waals surface area contributed by atoms with E-state index in [1.165, 1.54) is 16.8 Å². The van der Waals surface area contributed by atoms with E-state index in [4.69, 9.17) is 9.73 Å². The molecule has 1 atom stereocenters. The van der Waals surface area contributed by atoms with Gasteiger partial charge < -0.3 is 20.3 Å². The zero-order valence-corrected chi connectivity index (χ0v) is 19.2. The van der Waals surface area contributed by atoms with Gasteiger partial charge in [0, 0.05) is 58.1 Å². The Morgan fingerprint density at radius 2 is 1.68 bits per heavy atom. The molecule has 2 N–H and O–H groups in total. The van der Waals surface area contributed by atoms with E-state index in [-0.39, 0.29) is 6.04 Å². The number of ether oxygens (including phenoxy) is 1. The van der Waals surface area contributed by atoms with E-state index in [1.807, 2.05) is 0 Å². The van der Waals surface area contributed by atoms with Crippen LogP contribution in [0.1, 0.15) is 25.0 Å². The van der Waals surface area contributed by atoms with E-state index in [2.05, 4.69) is 88.9 Å². The molecule has 0 spiro atoms. The van der Waals surface area contributed by atoms with Crippen molar-refractivity contribution in [3.05, 3.63) is 65.7 Å². The maximum absolute atomic E-state index is 5.23. The first-order valence-electron chi connectivity index (χ1n) is 11.3. The number of nitrogens with zero attached hydrogens (tertiary/aromatic N) is 3. The van der Waals surface area contributed by atoms with Gasteiger partial charge in [0.15, 0.2) is 5.96 Å². The maximum atomic E-state index is 5.23. The van der Waals surface area contributed by atoms with E-state index < -0.39 is 0 Å². The highest BCUT2D eigenvalue weighted by Crippen LogP contribution is 2.18. The highest BCUT2D eigenvalue weighted by Gasteiger charge is 2.18. The molecular weight excluding hydrogens is 386 g/mol. The average Bonchev–Trinajstić information content (AvgIpc) is 2.80. The van der Waals surface area contributed by atoms with Gasteiger partial charge in [0.2, 0.25) is 0 Å². The quantitative estimate of drug-likeness (QED) is 0.480. The van der Waals surface area contributed by atoms with E-state index in [0.717, 1.165) is 45.2 Å². The number of aliphatic imine (C=N–C) groups is 1. The second-order valence-electron chi connectivity index (χ2n) is 8.06. The van der Waals surface area contributed by atoms with Crippen LogP contribution < -0.4 is 15.5 Å².